The summed E-state index contributed by atoms with van der Waals surface area (Å²) in [6.07, 6.45) is 7.20. The molecule has 0 spiro atoms. The lowest BCUT2D eigenvalue weighted by atomic mass is 10.2. The van der Waals surface area contributed by atoms with Crippen molar-refractivity contribution in [3.8, 4) is 0 Å². The van der Waals surface area contributed by atoms with Gasteiger partial charge in [0.25, 0.3) is 5.56 Å². The van der Waals surface area contributed by atoms with Crippen LogP contribution in [0.2, 0.25) is 0 Å². The van der Waals surface area contributed by atoms with E-state index >= 15 is 0 Å². The van der Waals surface area contributed by atoms with Crippen LogP contribution in [0.3, 0.4) is 0 Å². The molecular weight excluding hydrogens is 395 g/mol. The van der Waals surface area contributed by atoms with Crippen molar-refractivity contribution in [3.63, 3.8) is 0 Å². The first-order chi connectivity index (χ1) is 13.9. The molecule has 2 heterocycles. The summed E-state index contributed by atoms with van der Waals surface area (Å²) in [5, 5.41) is 0. The maximum atomic E-state index is 13.0. The van der Waals surface area contributed by atoms with Crippen molar-refractivity contribution in [2.24, 2.45) is 0 Å². The molecule has 10 heteroatoms. The third-order valence-corrected chi connectivity index (χ3v) is 5.41. The van der Waals surface area contributed by atoms with Gasteiger partial charge in [-0.25, -0.2) is 9.78 Å². The van der Waals surface area contributed by atoms with Gasteiger partial charge in [0.05, 0.1) is 12.9 Å². The molecule has 1 N–H and O–H groups in total. The summed E-state index contributed by atoms with van der Waals surface area (Å²) in [6, 6.07) is -0.357. The molecule has 0 bridgehead atoms. The van der Waals surface area contributed by atoms with Gasteiger partial charge in [-0.3, -0.25) is 18.5 Å². The molecule has 1 aliphatic carbocycles. The molecule has 0 amide bonds. The second-order valence-electron chi connectivity index (χ2n) is 7.42. The Morgan fingerprint density at radius 3 is 2.41 bits per heavy atom. The number of aromatic nitrogens is 4. The lowest BCUT2D eigenvalue weighted by Crippen LogP contribution is -2.42. The molecule has 3 rings (SSSR count). The first kappa shape index (κ1) is 23.6. The van der Waals surface area contributed by atoms with E-state index in [2.05, 4.69) is 18.8 Å². The topological polar surface area (TPSA) is 108 Å². The van der Waals surface area contributed by atoms with Gasteiger partial charge in [-0.1, -0.05) is 33.6 Å². The Morgan fingerprint density at radius 2 is 1.90 bits per heavy atom. The SMILES string of the molecule is CCCC.CCCn1cnc2c1c(=O)n(C(C)CCO[PH](=O)O)c(=O)n2C1CC1. The van der Waals surface area contributed by atoms with Gasteiger partial charge in [0.15, 0.2) is 11.2 Å². The minimum absolute atomic E-state index is 0.0109. The Bertz CT molecular complexity index is 942. The average Bonchev–Trinajstić information content (AvgIpc) is 3.42. The molecule has 0 radical (unpaired) electrons. The Hall–Kier alpha value is -1.70. The Balaban J connectivity index is 0.000000687. The molecule has 2 aromatic rings. The zero-order valence-electron chi connectivity index (χ0n) is 17.8. The van der Waals surface area contributed by atoms with E-state index in [9.17, 15) is 14.2 Å². The molecule has 0 aliphatic heterocycles. The van der Waals surface area contributed by atoms with E-state index in [1.54, 1.807) is 22.4 Å². The van der Waals surface area contributed by atoms with Gasteiger partial charge < -0.3 is 14.0 Å². The predicted octanol–water partition coefficient (Wildman–Crippen LogP) is 3.26. The van der Waals surface area contributed by atoms with Crippen molar-refractivity contribution in [2.75, 3.05) is 6.61 Å². The molecule has 164 valence electrons. The van der Waals surface area contributed by atoms with Crippen molar-refractivity contribution in [1.82, 2.24) is 18.7 Å². The van der Waals surface area contributed by atoms with Crippen LogP contribution in [-0.2, 0) is 15.6 Å². The van der Waals surface area contributed by atoms with Gasteiger partial charge in [-0.2, -0.15) is 0 Å². The monoisotopic (exact) mass is 428 g/mol. The molecule has 2 unspecified atom stereocenters. The number of imidazole rings is 1. The van der Waals surface area contributed by atoms with Crippen LogP contribution >= 0.6 is 8.25 Å². The van der Waals surface area contributed by atoms with Crippen molar-refractivity contribution in [2.45, 2.75) is 84.8 Å². The van der Waals surface area contributed by atoms with Crippen LogP contribution in [-0.4, -0.2) is 30.2 Å². The van der Waals surface area contributed by atoms with Gasteiger partial charge in [0.1, 0.15) is 0 Å². The third-order valence-electron chi connectivity index (χ3n) is 4.96. The number of fused-ring (bicyclic) bond motifs is 1. The minimum Gasteiger partial charge on any atom is -0.326 e. The van der Waals surface area contributed by atoms with Crippen LogP contribution in [0.4, 0.5) is 0 Å². The van der Waals surface area contributed by atoms with Gasteiger partial charge in [0.2, 0.25) is 0 Å². The van der Waals surface area contributed by atoms with Crippen LogP contribution in [0.5, 0.6) is 0 Å². The number of hydrogen-bond acceptors (Lipinski definition) is 5. The molecule has 9 nitrogen and oxygen atoms in total. The lowest BCUT2D eigenvalue weighted by molar-refractivity contribution is 0.256. The highest BCUT2D eigenvalue weighted by atomic mass is 31.1. The fourth-order valence-electron chi connectivity index (χ4n) is 3.08. The maximum absolute atomic E-state index is 13.0. The molecule has 0 saturated heterocycles. The molecule has 29 heavy (non-hydrogen) atoms. The zero-order chi connectivity index (χ0) is 21.6. The van der Waals surface area contributed by atoms with Gasteiger partial charge in [-0.15, -0.1) is 0 Å². The van der Waals surface area contributed by atoms with E-state index in [1.807, 2.05) is 6.92 Å². The van der Waals surface area contributed by atoms with E-state index in [1.165, 1.54) is 17.4 Å². The van der Waals surface area contributed by atoms with Crippen LogP contribution in [0, 0.1) is 0 Å². The lowest BCUT2D eigenvalue weighted by Gasteiger charge is -2.17. The first-order valence-electron chi connectivity index (χ1n) is 10.4. The van der Waals surface area contributed by atoms with Crippen molar-refractivity contribution in [1.29, 1.82) is 0 Å². The summed E-state index contributed by atoms with van der Waals surface area (Å²) in [6.45, 7) is 8.78. The summed E-state index contributed by atoms with van der Waals surface area (Å²) in [5.74, 6) is 0. The molecule has 2 aromatic heterocycles. The number of aryl methyl sites for hydroxylation is 1. The van der Waals surface area contributed by atoms with E-state index in [0.717, 1.165) is 19.3 Å². The second-order valence-corrected chi connectivity index (χ2v) is 8.24. The standard InChI is InChI=1S/C15H23N4O5P.C4H10/c1-3-7-17-9-16-13-12(17)14(20)18(10(2)6-8-24-25(22)23)15(21)19(13)11-4-5-11;1-3-4-2/h9-11,25H,3-8H2,1-2H3,(H,22,23);3-4H2,1-2H3. The number of unbranched alkanes of at least 4 members (excludes halogenated alkanes) is 1. The average molecular weight is 428 g/mol. The Labute approximate surface area is 171 Å². The second kappa shape index (κ2) is 10.9. The minimum atomic E-state index is -3.02. The van der Waals surface area contributed by atoms with E-state index in [0.29, 0.717) is 24.1 Å². The van der Waals surface area contributed by atoms with Gasteiger partial charge in [-0.05, 0) is 32.6 Å². The van der Waals surface area contributed by atoms with Crippen molar-refractivity contribution in [3.05, 3.63) is 27.2 Å². The molecule has 1 aliphatic rings. The predicted molar refractivity (Wildman–Crippen MR) is 114 cm³/mol. The largest absolute Gasteiger partial charge is 0.333 e. The summed E-state index contributed by atoms with van der Waals surface area (Å²) >= 11 is 0. The summed E-state index contributed by atoms with van der Waals surface area (Å²) < 4.78 is 20.0. The van der Waals surface area contributed by atoms with Gasteiger partial charge in [0, 0.05) is 18.6 Å². The summed E-state index contributed by atoms with van der Waals surface area (Å²) in [7, 11) is -3.02. The fraction of sp³-hybridized carbons (Fsp3) is 0.737. The molecule has 1 fully saturated rings. The molecule has 2 atom stereocenters. The van der Waals surface area contributed by atoms with Crippen LogP contribution in [0.15, 0.2) is 15.9 Å². The highest BCUT2D eigenvalue weighted by molar-refractivity contribution is 7.32. The van der Waals surface area contributed by atoms with E-state index < -0.39 is 14.3 Å². The number of rotatable bonds is 9. The Kier molecular flexibility index (Phi) is 8.86. The number of nitrogens with zero attached hydrogens (tertiary/aromatic N) is 4. The zero-order valence-corrected chi connectivity index (χ0v) is 18.8. The van der Waals surface area contributed by atoms with Crippen LogP contribution < -0.4 is 11.2 Å². The normalized spacial score (nSPS) is 15.8. The first-order valence-corrected chi connectivity index (χ1v) is 11.7. The summed E-state index contributed by atoms with van der Waals surface area (Å²) in [5.41, 5.74) is 0.154. The van der Waals surface area contributed by atoms with E-state index in [-0.39, 0.29) is 23.9 Å². The molecule has 0 aromatic carbocycles. The van der Waals surface area contributed by atoms with Crippen molar-refractivity contribution < 1.29 is 14.0 Å². The van der Waals surface area contributed by atoms with Crippen molar-refractivity contribution >= 4 is 19.4 Å². The Morgan fingerprint density at radius 1 is 1.24 bits per heavy atom. The third kappa shape index (κ3) is 5.68. The van der Waals surface area contributed by atoms with E-state index in [4.69, 9.17) is 9.42 Å². The van der Waals surface area contributed by atoms with Gasteiger partial charge >= 0.3 is 13.9 Å². The highest BCUT2D eigenvalue weighted by Gasteiger charge is 2.31. The van der Waals surface area contributed by atoms with Crippen LogP contribution in [0.1, 0.15) is 78.3 Å². The highest BCUT2D eigenvalue weighted by Crippen LogP contribution is 2.35. The number of hydrogen-bond donors (Lipinski definition) is 1. The quantitative estimate of drug-likeness (QED) is 0.614. The smallest absolute Gasteiger partial charge is 0.326 e. The maximum Gasteiger partial charge on any atom is 0.333 e. The molecule has 1 saturated carbocycles. The fourth-order valence-corrected chi connectivity index (χ4v) is 3.37. The summed E-state index contributed by atoms with van der Waals surface area (Å²) in [4.78, 5) is 39.0. The molecular formula is C19H33N4O5P. The van der Waals surface area contributed by atoms with Crippen LogP contribution in [0.25, 0.3) is 11.2 Å².